The highest BCUT2D eigenvalue weighted by molar-refractivity contribution is 5.61. The van der Waals surface area contributed by atoms with Gasteiger partial charge in [0.05, 0.1) is 38.2 Å². The van der Waals surface area contributed by atoms with Gasteiger partial charge >= 0.3 is 0 Å². The van der Waals surface area contributed by atoms with E-state index in [1.165, 1.54) is 11.1 Å². The molecule has 190 valence electrons. The number of nitrogens with one attached hydrogen (secondary N) is 1. The van der Waals surface area contributed by atoms with Crippen LogP contribution in [-0.2, 0) is 20.8 Å². The van der Waals surface area contributed by atoms with Crippen molar-refractivity contribution in [1.29, 1.82) is 0 Å². The predicted octanol–water partition coefficient (Wildman–Crippen LogP) is 3.75. The molecular weight excluding hydrogens is 444 g/mol. The van der Waals surface area contributed by atoms with Gasteiger partial charge in [-0.1, -0.05) is 18.2 Å². The van der Waals surface area contributed by atoms with E-state index in [2.05, 4.69) is 52.7 Å². The lowest BCUT2D eigenvalue weighted by molar-refractivity contribution is 0.0106. The number of piperidine rings is 1. The van der Waals surface area contributed by atoms with Gasteiger partial charge in [0.1, 0.15) is 24.2 Å². The van der Waals surface area contributed by atoms with Gasteiger partial charge in [-0.15, -0.1) is 0 Å². The van der Waals surface area contributed by atoms with E-state index >= 15 is 0 Å². The van der Waals surface area contributed by atoms with E-state index in [-0.39, 0.29) is 12.2 Å². The van der Waals surface area contributed by atoms with Crippen LogP contribution in [-0.4, -0.2) is 71.9 Å². The minimum absolute atomic E-state index is 0.129. The fourth-order valence-electron chi connectivity index (χ4n) is 5.22. The van der Waals surface area contributed by atoms with Crippen LogP contribution in [0.15, 0.2) is 42.5 Å². The summed E-state index contributed by atoms with van der Waals surface area (Å²) in [6, 6.07) is 15.0. The first-order valence-electron chi connectivity index (χ1n) is 13.0. The summed E-state index contributed by atoms with van der Waals surface area (Å²) in [4.78, 5) is 2.40. The molecule has 2 aromatic carbocycles. The highest BCUT2D eigenvalue weighted by Crippen LogP contribution is 2.34. The maximum atomic E-state index is 6.51. The van der Waals surface area contributed by atoms with Gasteiger partial charge in [-0.3, -0.25) is 0 Å². The Morgan fingerprint density at radius 2 is 2.00 bits per heavy atom. The molecule has 7 nitrogen and oxygen atoms in total. The molecule has 0 spiro atoms. The van der Waals surface area contributed by atoms with Crippen molar-refractivity contribution in [2.24, 2.45) is 0 Å². The molecule has 0 aliphatic carbocycles. The van der Waals surface area contributed by atoms with Gasteiger partial charge in [-0.25, -0.2) is 0 Å². The van der Waals surface area contributed by atoms with Crippen LogP contribution >= 0.6 is 0 Å². The zero-order chi connectivity index (χ0) is 23.9. The fourth-order valence-corrected chi connectivity index (χ4v) is 5.22. The van der Waals surface area contributed by atoms with Crippen molar-refractivity contribution in [3.05, 3.63) is 53.6 Å². The van der Waals surface area contributed by atoms with Crippen molar-refractivity contribution >= 4 is 5.69 Å². The summed E-state index contributed by atoms with van der Waals surface area (Å²) in [7, 11) is 1.75. The average Bonchev–Trinajstić information content (AvgIpc) is 3.41. The number of rotatable bonds is 10. The Labute approximate surface area is 208 Å². The Bertz CT molecular complexity index is 931. The summed E-state index contributed by atoms with van der Waals surface area (Å²) < 4.78 is 29.1. The van der Waals surface area contributed by atoms with Gasteiger partial charge in [0.25, 0.3) is 0 Å². The molecule has 35 heavy (non-hydrogen) atoms. The molecule has 0 bridgehead atoms. The molecule has 3 aliphatic heterocycles. The van der Waals surface area contributed by atoms with Crippen molar-refractivity contribution in [1.82, 2.24) is 5.32 Å². The summed E-state index contributed by atoms with van der Waals surface area (Å²) >= 11 is 0. The van der Waals surface area contributed by atoms with Crippen LogP contribution in [0.1, 0.15) is 36.3 Å². The predicted molar refractivity (Wildman–Crippen MR) is 136 cm³/mol. The van der Waals surface area contributed by atoms with Crippen molar-refractivity contribution in [3.63, 3.8) is 0 Å². The smallest absolute Gasteiger partial charge is 0.142 e. The molecule has 2 saturated heterocycles. The molecule has 0 aromatic heterocycles. The second-order valence-electron chi connectivity index (χ2n) is 9.61. The van der Waals surface area contributed by atoms with Gasteiger partial charge in [-0.2, -0.15) is 0 Å². The van der Waals surface area contributed by atoms with Crippen LogP contribution in [0.4, 0.5) is 5.69 Å². The van der Waals surface area contributed by atoms with Crippen LogP contribution in [0, 0.1) is 0 Å². The number of benzene rings is 2. The van der Waals surface area contributed by atoms with Gasteiger partial charge in [0.15, 0.2) is 0 Å². The lowest BCUT2D eigenvalue weighted by Gasteiger charge is -2.33. The Morgan fingerprint density at radius 3 is 2.83 bits per heavy atom. The lowest BCUT2D eigenvalue weighted by atomic mass is 9.87. The number of hydrogen-bond donors (Lipinski definition) is 1. The van der Waals surface area contributed by atoms with Crippen LogP contribution in [0.5, 0.6) is 11.5 Å². The van der Waals surface area contributed by atoms with E-state index in [9.17, 15) is 0 Å². The molecule has 3 unspecified atom stereocenters. The number of hydrogen-bond acceptors (Lipinski definition) is 7. The Kier molecular flexibility index (Phi) is 8.42. The molecule has 2 aromatic rings. The third-order valence-corrected chi connectivity index (χ3v) is 7.15. The SMILES string of the molecule is COCCCN1CCOc2ccc(COC3CNCCC3c3ccc(OC4CCOC4)cc3)cc21. The molecule has 1 N–H and O–H groups in total. The van der Waals surface area contributed by atoms with Gasteiger partial charge < -0.3 is 33.9 Å². The van der Waals surface area contributed by atoms with E-state index in [1.807, 2.05) is 0 Å². The Morgan fingerprint density at radius 1 is 1.09 bits per heavy atom. The maximum Gasteiger partial charge on any atom is 0.142 e. The molecule has 0 saturated carbocycles. The molecule has 7 heteroatoms. The second-order valence-corrected chi connectivity index (χ2v) is 9.61. The molecule has 3 aliphatic rings. The van der Waals surface area contributed by atoms with E-state index in [0.717, 1.165) is 82.4 Å². The van der Waals surface area contributed by atoms with Crippen molar-refractivity contribution in [2.75, 3.05) is 64.6 Å². The minimum atomic E-state index is 0.129. The van der Waals surface area contributed by atoms with Crippen molar-refractivity contribution < 1.29 is 23.7 Å². The van der Waals surface area contributed by atoms with E-state index in [4.69, 9.17) is 23.7 Å². The molecule has 0 radical (unpaired) electrons. The molecule has 0 amide bonds. The van der Waals surface area contributed by atoms with Crippen LogP contribution in [0.25, 0.3) is 0 Å². The van der Waals surface area contributed by atoms with Gasteiger partial charge in [-0.05, 0) is 54.8 Å². The van der Waals surface area contributed by atoms with Crippen LogP contribution < -0.4 is 19.7 Å². The Hall–Kier alpha value is -2.32. The minimum Gasteiger partial charge on any atom is -0.490 e. The third kappa shape index (κ3) is 6.28. The van der Waals surface area contributed by atoms with E-state index in [0.29, 0.717) is 19.1 Å². The summed E-state index contributed by atoms with van der Waals surface area (Å²) in [6.45, 7) is 7.31. The van der Waals surface area contributed by atoms with E-state index < -0.39 is 0 Å². The van der Waals surface area contributed by atoms with Crippen molar-refractivity contribution in [3.8, 4) is 11.5 Å². The average molecular weight is 483 g/mol. The fraction of sp³-hybridized carbons (Fsp3) is 0.571. The molecule has 2 fully saturated rings. The zero-order valence-electron chi connectivity index (χ0n) is 20.7. The zero-order valence-corrected chi connectivity index (χ0v) is 20.7. The standard InChI is InChI=1S/C28H38N2O5/c1-31-14-2-12-30-13-16-33-27-8-3-21(17-26(27)30)19-34-28-18-29-11-9-25(28)22-4-6-23(7-5-22)35-24-10-15-32-20-24/h3-8,17,24-25,28-29H,2,9-16,18-20H2,1H3. The molecule has 3 atom stereocenters. The van der Waals surface area contributed by atoms with Crippen molar-refractivity contribution in [2.45, 2.75) is 44.0 Å². The number of methoxy groups -OCH3 is 1. The first-order chi connectivity index (χ1) is 17.3. The number of ether oxygens (including phenoxy) is 5. The van der Waals surface area contributed by atoms with Gasteiger partial charge in [0.2, 0.25) is 0 Å². The third-order valence-electron chi connectivity index (χ3n) is 7.15. The molecular formula is C28H38N2O5. The number of fused-ring (bicyclic) bond motifs is 1. The highest BCUT2D eigenvalue weighted by Gasteiger charge is 2.28. The number of anilines is 1. The first kappa shape index (κ1) is 24.4. The lowest BCUT2D eigenvalue weighted by Crippen LogP contribution is -2.41. The van der Waals surface area contributed by atoms with Crippen LogP contribution in [0.2, 0.25) is 0 Å². The summed E-state index contributed by atoms with van der Waals surface area (Å²) in [5, 5.41) is 3.51. The second kappa shape index (κ2) is 12.1. The quantitative estimate of drug-likeness (QED) is 0.518. The monoisotopic (exact) mass is 482 g/mol. The summed E-state index contributed by atoms with van der Waals surface area (Å²) in [5.74, 6) is 2.25. The normalized spacial score (nSPS) is 24.1. The number of nitrogens with zero attached hydrogens (tertiary/aromatic N) is 1. The highest BCUT2D eigenvalue weighted by atomic mass is 16.5. The summed E-state index contributed by atoms with van der Waals surface area (Å²) in [6.07, 6.45) is 3.33. The molecule has 5 rings (SSSR count). The van der Waals surface area contributed by atoms with E-state index in [1.54, 1.807) is 7.11 Å². The maximum absolute atomic E-state index is 6.51. The van der Waals surface area contributed by atoms with Crippen LogP contribution in [0.3, 0.4) is 0 Å². The van der Waals surface area contributed by atoms with Gasteiger partial charge in [0, 0.05) is 39.1 Å². The topological polar surface area (TPSA) is 61.4 Å². The summed E-state index contributed by atoms with van der Waals surface area (Å²) in [5.41, 5.74) is 3.66. The largest absolute Gasteiger partial charge is 0.490 e. The molecule has 3 heterocycles. The first-order valence-corrected chi connectivity index (χ1v) is 13.0. The Balaban J connectivity index is 1.21.